The highest BCUT2D eigenvalue weighted by Gasteiger charge is 2.08. The van der Waals surface area contributed by atoms with Crippen molar-refractivity contribution in [3.05, 3.63) is 12.2 Å². The maximum Gasteiger partial charge on any atom is 0.245 e. The van der Waals surface area contributed by atoms with E-state index in [4.69, 9.17) is 10.8 Å². The Morgan fingerprint density at radius 1 is 1.89 bits per heavy atom. The van der Waals surface area contributed by atoms with Crippen molar-refractivity contribution in [2.24, 2.45) is 5.73 Å². The molecule has 0 aromatic carbocycles. The molecule has 0 bridgehead atoms. The topological polar surface area (TPSA) is 85.2 Å². The number of hydrogen-bond acceptors (Lipinski definition) is 5. The smallest absolute Gasteiger partial charge is 0.245 e. The highest BCUT2D eigenvalue weighted by atomic mass is 16.5. The monoisotopic (exact) mass is 129 g/mol. The molecule has 5 nitrogen and oxygen atoms in total. The van der Waals surface area contributed by atoms with Crippen LogP contribution in [0.25, 0.3) is 0 Å². The van der Waals surface area contributed by atoms with Crippen LogP contribution < -0.4 is 5.73 Å². The van der Waals surface area contributed by atoms with Crippen LogP contribution in [0.15, 0.2) is 10.9 Å². The molecule has 3 N–H and O–H groups in total. The molecule has 0 spiro atoms. The van der Waals surface area contributed by atoms with Crippen LogP contribution in [0.2, 0.25) is 0 Å². The Labute approximate surface area is 51.5 Å². The quantitative estimate of drug-likeness (QED) is 0.538. The van der Waals surface area contributed by atoms with Gasteiger partial charge in [0.05, 0.1) is 6.61 Å². The average Bonchev–Trinajstić information content (AvgIpc) is 2.37. The standard InChI is InChI=1S/C4H7N3O2/c5-3(1-8)4-6-2-7-9-4/h2-3,8H,1,5H2/t3-/m0/s1. The van der Waals surface area contributed by atoms with E-state index in [1.165, 1.54) is 6.33 Å². The lowest BCUT2D eigenvalue weighted by molar-refractivity contribution is 0.237. The van der Waals surface area contributed by atoms with Crippen molar-refractivity contribution in [2.45, 2.75) is 6.04 Å². The van der Waals surface area contributed by atoms with Gasteiger partial charge in [-0.05, 0) is 0 Å². The Morgan fingerprint density at radius 2 is 2.67 bits per heavy atom. The molecular formula is C4H7N3O2. The first kappa shape index (κ1) is 6.18. The van der Waals surface area contributed by atoms with E-state index in [0.717, 1.165) is 0 Å². The Morgan fingerprint density at radius 3 is 3.11 bits per heavy atom. The number of nitrogens with zero attached hydrogens (tertiary/aromatic N) is 2. The first-order valence-corrected chi connectivity index (χ1v) is 2.47. The molecule has 0 aliphatic heterocycles. The van der Waals surface area contributed by atoms with E-state index in [2.05, 4.69) is 14.7 Å². The van der Waals surface area contributed by atoms with Gasteiger partial charge in [0.15, 0.2) is 6.33 Å². The molecule has 0 fully saturated rings. The van der Waals surface area contributed by atoms with E-state index in [-0.39, 0.29) is 12.5 Å². The summed E-state index contributed by atoms with van der Waals surface area (Å²) in [6.45, 7) is -0.178. The molecule has 0 amide bonds. The van der Waals surface area contributed by atoms with Gasteiger partial charge in [-0.25, -0.2) is 0 Å². The third kappa shape index (κ3) is 1.24. The van der Waals surface area contributed by atoms with E-state index < -0.39 is 6.04 Å². The zero-order valence-electron chi connectivity index (χ0n) is 4.69. The second-order valence-corrected chi connectivity index (χ2v) is 1.57. The van der Waals surface area contributed by atoms with Gasteiger partial charge >= 0.3 is 0 Å². The van der Waals surface area contributed by atoms with Crippen LogP contribution in [0, 0.1) is 0 Å². The van der Waals surface area contributed by atoms with E-state index in [1.807, 2.05) is 0 Å². The van der Waals surface area contributed by atoms with E-state index in [0.29, 0.717) is 0 Å². The first-order chi connectivity index (χ1) is 4.34. The fraction of sp³-hybridized carbons (Fsp3) is 0.500. The number of rotatable bonds is 2. The molecule has 50 valence electrons. The van der Waals surface area contributed by atoms with E-state index in [9.17, 15) is 0 Å². The summed E-state index contributed by atoms with van der Waals surface area (Å²) in [5, 5.41) is 11.8. The van der Waals surface area contributed by atoms with Crippen LogP contribution >= 0.6 is 0 Å². The number of nitrogens with two attached hydrogens (primary N) is 1. The summed E-state index contributed by atoms with van der Waals surface area (Å²) in [5.41, 5.74) is 5.29. The average molecular weight is 129 g/mol. The van der Waals surface area contributed by atoms with Gasteiger partial charge in [-0.15, -0.1) is 0 Å². The van der Waals surface area contributed by atoms with Crippen molar-refractivity contribution < 1.29 is 9.63 Å². The van der Waals surface area contributed by atoms with Crippen LogP contribution in [0.3, 0.4) is 0 Å². The molecule has 0 aliphatic carbocycles. The van der Waals surface area contributed by atoms with Gasteiger partial charge in [-0.3, -0.25) is 0 Å². The number of hydrogen-bond donors (Lipinski definition) is 2. The zero-order chi connectivity index (χ0) is 6.69. The summed E-state index contributed by atoms with van der Waals surface area (Å²) in [6.07, 6.45) is 1.24. The minimum atomic E-state index is -0.549. The normalized spacial score (nSPS) is 13.6. The SMILES string of the molecule is N[C@@H](CO)c1ncno1. The summed E-state index contributed by atoms with van der Waals surface area (Å²) in [4.78, 5) is 3.62. The summed E-state index contributed by atoms with van der Waals surface area (Å²) in [5.74, 6) is 0.262. The van der Waals surface area contributed by atoms with Crippen molar-refractivity contribution in [3.63, 3.8) is 0 Å². The molecule has 1 atom stereocenters. The minimum Gasteiger partial charge on any atom is -0.394 e. The predicted molar refractivity (Wildman–Crippen MR) is 28.3 cm³/mol. The molecule has 5 heteroatoms. The van der Waals surface area contributed by atoms with Crippen LogP contribution in [0.4, 0.5) is 0 Å². The van der Waals surface area contributed by atoms with Gasteiger partial charge in [-0.1, -0.05) is 5.16 Å². The van der Waals surface area contributed by atoms with Gasteiger partial charge in [0.1, 0.15) is 6.04 Å². The van der Waals surface area contributed by atoms with Crippen molar-refractivity contribution >= 4 is 0 Å². The fourth-order valence-electron chi connectivity index (χ4n) is 0.423. The first-order valence-electron chi connectivity index (χ1n) is 2.47. The third-order valence-electron chi connectivity index (χ3n) is 0.892. The molecule has 1 rings (SSSR count). The Balaban J connectivity index is 2.65. The van der Waals surface area contributed by atoms with Gasteiger partial charge in [0.25, 0.3) is 0 Å². The highest BCUT2D eigenvalue weighted by Crippen LogP contribution is 2.01. The number of aliphatic hydroxyl groups excluding tert-OH is 1. The second kappa shape index (κ2) is 2.56. The Kier molecular flexibility index (Phi) is 1.76. The Bertz CT molecular complexity index is 162. The summed E-state index contributed by atoms with van der Waals surface area (Å²) in [7, 11) is 0. The van der Waals surface area contributed by atoms with Crippen molar-refractivity contribution in [1.82, 2.24) is 10.1 Å². The molecule has 0 unspecified atom stereocenters. The van der Waals surface area contributed by atoms with Crippen LogP contribution in [-0.4, -0.2) is 21.9 Å². The van der Waals surface area contributed by atoms with E-state index >= 15 is 0 Å². The minimum absolute atomic E-state index is 0.178. The molecule has 0 saturated carbocycles. The summed E-state index contributed by atoms with van der Waals surface area (Å²) < 4.78 is 4.54. The highest BCUT2D eigenvalue weighted by molar-refractivity contribution is 4.83. The molecule has 0 saturated heterocycles. The van der Waals surface area contributed by atoms with Crippen LogP contribution in [-0.2, 0) is 0 Å². The van der Waals surface area contributed by atoms with Crippen molar-refractivity contribution in [3.8, 4) is 0 Å². The largest absolute Gasteiger partial charge is 0.394 e. The maximum atomic E-state index is 8.45. The van der Waals surface area contributed by atoms with Crippen molar-refractivity contribution in [2.75, 3.05) is 6.61 Å². The number of aliphatic hydroxyl groups is 1. The summed E-state index contributed by atoms with van der Waals surface area (Å²) in [6, 6.07) is -0.549. The lowest BCUT2D eigenvalue weighted by atomic mass is 10.3. The predicted octanol–water partition coefficient (Wildman–Crippen LogP) is -0.938. The second-order valence-electron chi connectivity index (χ2n) is 1.57. The molecule has 0 radical (unpaired) electrons. The molecule has 1 aromatic heterocycles. The zero-order valence-corrected chi connectivity index (χ0v) is 4.69. The summed E-state index contributed by atoms with van der Waals surface area (Å²) >= 11 is 0. The lowest BCUT2D eigenvalue weighted by Gasteiger charge is -1.97. The number of aromatic nitrogens is 2. The van der Waals surface area contributed by atoms with Gasteiger partial charge in [-0.2, -0.15) is 4.98 Å². The van der Waals surface area contributed by atoms with Crippen molar-refractivity contribution in [1.29, 1.82) is 0 Å². The van der Waals surface area contributed by atoms with Gasteiger partial charge in [0.2, 0.25) is 5.89 Å². The van der Waals surface area contributed by atoms with Crippen LogP contribution in [0.1, 0.15) is 11.9 Å². The molecule has 1 aromatic rings. The lowest BCUT2D eigenvalue weighted by Crippen LogP contribution is -2.14. The third-order valence-corrected chi connectivity index (χ3v) is 0.892. The van der Waals surface area contributed by atoms with E-state index in [1.54, 1.807) is 0 Å². The molecule has 9 heavy (non-hydrogen) atoms. The molecule has 0 aliphatic rings. The molecular weight excluding hydrogens is 122 g/mol. The molecule has 1 heterocycles. The van der Waals surface area contributed by atoms with Gasteiger partial charge in [0, 0.05) is 0 Å². The fourth-order valence-corrected chi connectivity index (χ4v) is 0.423. The Hall–Kier alpha value is -0.940. The van der Waals surface area contributed by atoms with Gasteiger partial charge < -0.3 is 15.4 Å². The van der Waals surface area contributed by atoms with Crippen LogP contribution in [0.5, 0.6) is 0 Å². The maximum absolute atomic E-state index is 8.45.